The molecule has 1 unspecified atom stereocenters. The van der Waals surface area contributed by atoms with Crippen molar-refractivity contribution in [3.8, 4) is 0 Å². The second-order valence-corrected chi connectivity index (χ2v) is 6.96. The summed E-state index contributed by atoms with van der Waals surface area (Å²) in [5.74, 6) is 1.68. The molecular formula is C18H29ClN2. The topological polar surface area (TPSA) is 15.3 Å². The Morgan fingerprint density at radius 1 is 1.24 bits per heavy atom. The standard InChI is InChI=1S/C18H29ClN2/c1-5-20-14(4)17-7-6-16(12-18(17)19)21-10-8-15(9-11-21)13(2)3/h6-7,12-15,20H,5,8-11H2,1-4H3. The van der Waals surface area contributed by atoms with Gasteiger partial charge in [0.05, 0.1) is 0 Å². The molecular weight excluding hydrogens is 280 g/mol. The van der Waals surface area contributed by atoms with E-state index in [0.29, 0.717) is 6.04 Å². The Bertz CT molecular complexity index is 451. The molecule has 0 aromatic heterocycles. The van der Waals surface area contributed by atoms with E-state index in [0.717, 1.165) is 36.5 Å². The van der Waals surface area contributed by atoms with Crippen LogP contribution in [0.25, 0.3) is 0 Å². The molecule has 2 nitrogen and oxygen atoms in total. The lowest BCUT2D eigenvalue weighted by Gasteiger charge is -2.35. The van der Waals surface area contributed by atoms with Crippen molar-refractivity contribution in [2.75, 3.05) is 24.5 Å². The molecule has 1 aromatic carbocycles. The highest BCUT2D eigenvalue weighted by Gasteiger charge is 2.22. The molecule has 118 valence electrons. The number of nitrogens with zero attached hydrogens (tertiary/aromatic N) is 1. The second kappa shape index (κ2) is 7.51. The SMILES string of the molecule is CCNC(C)c1ccc(N2CCC(C(C)C)CC2)cc1Cl. The van der Waals surface area contributed by atoms with Crippen LogP contribution in [0.2, 0.25) is 5.02 Å². The van der Waals surface area contributed by atoms with Gasteiger partial charge in [-0.1, -0.05) is 38.4 Å². The molecule has 1 fully saturated rings. The zero-order valence-corrected chi connectivity index (χ0v) is 14.6. The number of benzene rings is 1. The molecule has 3 heteroatoms. The third kappa shape index (κ3) is 4.14. The van der Waals surface area contributed by atoms with Crippen molar-refractivity contribution in [3.63, 3.8) is 0 Å². The fourth-order valence-electron chi connectivity index (χ4n) is 3.30. The summed E-state index contributed by atoms with van der Waals surface area (Å²) in [5.41, 5.74) is 2.47. The zero-order chi connectivity index (χ0) is 15.4. The molecule has 0 saturated carbocycles. The van der Waals surface area contributed by atoms with Gasteiger partial charge >= 0.3 is 0 Å². The third-order valence-corrected chi connectivity index (χ3v) is 5.14. The predicted octanol–water partition coefficient (Wildman–Crippen LogP) is 4.88. The van der Waals surface area contributed by atoms with Crippen LogP contribution in [0.1, 0.15) is 52.1 Å². The van der Waals surface area contributed by atoms with Crippen LogP contribution in [0.15, 0.2) is 18.2 Å². The van der Waals surface area contributed by atoms with E-state index in [2.05, 4.69) is 56.1 Å². The molecule has 1 atom stereocenters. The van der Waals surface area contributed by atoms with Gasteiger partial charge in [0.25, 0.3) is 0 Å². The number of hydrogen-bond donors (Lipinski definition) is 1. The first-order chi connectivity index (χ1) is 10.0. The van der Waals surface area contributed by atoms with Crippen LogP contribution in [-0.2, 0) is 0 Å². The normalized spacial score (nSPS) is 18.3. The average Bonchev–Trinajstić information content (AvgIpc) is 2.47. The summed E-state index contributed by atoms with van der Waals surface area (Å²) in [7, 11) is 0. The molecule has 0 amide bonds. The van der Waals surface area contributed by atoms with Crippen LogP contribution >= 0.6 is 11.6 Å². The molecule has 1 N–H and O–H groups in total. The summed E-state index contributed by atoms with van der Waals surface area (Å²) in [6.07, 6.45) is 2.59. The first kappa shape index (κ1) is 16.6. The summed E-state index contributed by atoms with van der Waals surface area (Å²) >= 11 is 6.49. The van der Waals surface area contributed by atoms with Gasteiger partial charge in [0.1, 0.15) is 0 Å². The highest BCUT2D eigenvalue weighted by molar-refractivity contribution is 6.31. The van der Waals surface area contributed by atoms with E-state index < -0.39 is 0 Å². The lowest BCUT2D eigenvalue weighted by molar-refractivity contribution is 0.311. The van der Waals surface area contributed by atoms with Gasteiger partial charge in [0, 0.05) is 29.8 Å². The minimum atomic E-state index is 0.309. The number of piperidine rings is 1. The van der Waals surface area contributed by atoms with Crippen molar-refractivity contribution in [1.29, 1.82) is 0 Å². The first-order valence-electron chi connectivity index (χ1n) is 8.30. The minimum absolute atomic E-state index is 0.309. The van der Waals surface area contributed by atoms with E-state index in [1.807, 2.05) is 0 Å². The largest absolute Gasteiger partial charge is 0.371 e. The maximum absolute atomic E-state index is 6.49. The van der Waals surface area contributed by atoms with Gasteiger partial charge in [0.2, 0.25) is 0 Å². The second-order valence-electron chi connectivity index (χ2n) is 6.55. The van der Waals surface area contributed by atoms with Crippen LogP contribution in [0, 0.1) is 11.8 Å². The highest BCUT2D eigenvalue weighted by atomic mass is 35.5. The minimum Gasteiger partial charge on any atom is -0.371 e. The van der Waals surface area contributed by atoms with E-state index in [4.69, 9.17) is 11.6 Å². The maximum atomic E-state index is 6.49. The van der Waals surface area contributed by atoms with E-state index in [-0.39, 0.29) is 0 Å². The van der Waals surface area contributed by atoms with Crippen molar-refractivity contribution >= 4 is 17.3 Å². The van der Waals surface area contributed by atoms with E-state index >= 15 is 0 Å². The third-order valence-electron chi connectivity index (χ3n) is 4.81. The van der Waals surface area contributed by atoms with Crippen LogP contribution in [0.5, 0.6) is 0 Å². The molecule has 0 radical (unpaired) electrons. The van der Waals surface area contributed by atoms with Crippen molar-refractivity contribution < 1.29 is 0 Å². The van der Waals surface area contributed by atoms with E-state index in [1.165, 1.54) is 24.1 Å². The van der Waals surface area contributed by atoms with Gasteiger partial charge in [0.15, 0.2) is 0 Å². The van der Waals surface area contributed by atoms with E-state index in [1.54, 1.807) is 0 Å². The van der Waals surface area contributed by atoms with Gasteiger partial charge in [-0.3, -0.25) is 0 Å². The summed E-state index contributed by atoms with van der Waals surface area (Å²) in [6.45, 7) is 12.2. The average molecular weight is 309 g/mol. The lowest BCUT2D eigenvalue weighted by atomic mass is 9.86. The van der Waals surface area contributed by atoms with Crippen LogP contribution in [-0.4, -0.2) is 19.6 Å². The number of nitrogens with one attached hydrogen (secondary N) is 1. The summed E-state index contributed by atoms with van der Waals surface area (Å²) < 4.78 is 0. The van der Waals surface area contributed by atoms with Crippen molar-refractivity contribution in [3.05, 3.63) is 28.8 Å². The van der Waals surface area contributed by atoms with Crippen LogP contribution < -0.4 is 10.2 Å². The van der Waals surface area contributed by atoms with Gasteiger partial charge in [-0.2, -0.15) is 0 Å². The summed E-state index contributed by atoms with van der Waals surface area (Å²) in [4.78, 5) is 2.48. The first-order valence-corrected chi connectivity index (χ1v) is 8.68. The van der Waals surface area contributed by atoms with Crippen molar-refractivity contribution in [1.82, 2.24) is 5.32 Å². The van der Waals surface area contributed by atoms with Gasteiger partial charge in [-0.15, -0.1) is 0 Å². The predicted molar refractivity (Wildman–Crippen MR) is 93.3 cm³/mol. The van der Waals surface area contributed by atoms with Crippen molar-refractivity contribution in [2.24, 2.45) is 11.8 Å². The Morgan fingerprint density at radius 2 is 1.90 bits per heavy atom. The number of hydrogen-bond acceptors (Lipinski definition) is 2. The zero-order valence-electron chi connectivity index (χ0n) is 13.8. The molecule has 2 rings (SSSR count). The van der Waals surface area contributed by atoms with Crippen LogP contribution in [0.3, 0.4) is 0 Å². The fraction of sp³-hybridized carbons (Fsp3) is 0.667. The lowest BCUT2D eigenvalue weighted by Crippen LogP contribution is -2.35. The van der Waals surface area contributed by atoms with Gasteiger partial charge in [-0.05, 0) is 55.8 Å². The summed E-state index contributed by atoms with van der Waals surface area (Å²) in [5, 5.41) is 4.30. The monoisotopic (exact) mass is 308 g/mol. The molecule has 1 aliphatic rings. The molecule has 0 spiro atoms. The fourth-order valence-corrected chi connectivity index (χ4v) is 3.64. The highest BCUT2D eigenvalue weighted by Crippen LogP contribution is 2.31. The Hall–Kier alpha value is -0.730. The van der Waals surface area contributed by atoms with Gasteiger partial charge in [-0.25, -0.2) is 0 Å². The number of anilines is 1. The molecule has 0 bridgehead atoms. The molecule has 0 aliphatic carbocycles. The van der Waals surface area contributed by atoms with Crippen LogP contribution in [0.4, 0.5) is 5.69 Å². The number of rotatable bonds is 5. The molecule has 1 aliphatic heterocycles. The van der Waals surface area contributed by atoms with Gasteiger partial charge < -0.3 is 10.2 Å². The smallest absolute Gasteiger partial charge is 0.0474 e. The maximum Gasteiger partial charge on any atom is 0.0474 e. The van der Waals surface area contributed by atoms with E-state index in [9.17, 15) is 0 Å². The van der Waals surface area contributed by atoms with Crippen molar-refractivity contribution in [2.45, 2.75) is 46.6 Å². The Morgan fingerprint density at radius 3 is 2.43 bits per heavy atom. The molecule has 1 aromatic rings. The Kier molecular flexibility index (Phi) is 5.95. The Labute approximate surface area is 134 Å². The Balaban J connectivity index is 2.04. The molecule has 21 heavy (non-hydrogen) atoms. The number of halogens is 1. The molecule has 1 heterocycles. The molecule has 1 saturated heterocycles. The quantitative estimate of drug-likeness (QED) is 0.833. The summed E-state index contributed by atoms with van der Waals surface area (Å²) in [6, 6.07) is 6.85.